The van der Waals surface area contributed by atoms with E-state index in [4.69, 9.17) is 5.11 Å². The molecule has 1 aliphatic carbocycles. The summed E-state index contributed by atoms with van der Waals surface area (Å²) in [5.41, 5.74) is 3.17. The standard InChI is InChI=1S/C14H18O2.C2H6/c1-3-14(2)8-4-5-10-6-7-11(13(15)16)9-12(10)14;1-2/h6-7,9H,3-5,8H2,1-2H3,(H,15,16);1-2H3. The van der Waals surface area contributed by atoms with Crippen LogP contribution < -0.4 is 0 Å². The van der Waals surface area contributed by atoms with Crippen LogP contribution in [0.2, 0.25) is 0 Å². The fraction of sp³-hybridized carbons (Fsp3) is 0.562. The van der Waals surface area contributed by atoms with Gasteiger partial charge in [0, 0.05) is 0 Å². The van der Waals surface area contributed by atoms with Crippen LogP contribution in [-0.2, 0) is 11.8 Å². The third-order valence-corrected chi connectivity index (χ3v) is 3.96. The van der Waals surface area contributed by atoms with Crippen LogP contribution >= 0.6 is 0 Å². The smallest absolute Gasteiger partial charge is 0.335 e. The largest absolute Gasteiger partial charge is 0.478 e. The Bertz CT molecular complexity index is 423. The number of carboxylic acid groups (broad SMARTS) is 1. The van der Waals surface area contributed by atoms with Crippen molar-refractivity contribution in [1.29, 1.82) is 0 Å². The van der Waals surface area contributed by atoms with Gasteiger partial charge in [-0.05, 0) is 54.4 Å². The molecule has 0 spiro atoms. The van der Waals surface area contributed by atoms with Gasteiger partial charge in [0.2, 0.25) is 0 Å². The summed E-state index contributed by atoms with van der Waals surface area (Å²) in [5, 5.41) is 9.03. The number of aryl methyl sites for hydroxylation is 1. The average molecular weight is 248 g/mol. The molecule has 1 atom stereocenters. The predicted octanol–water partition coefficient (Wildman–Crippen LogP) is 4.42. The lowest BCUT2D eigenvalue weighted by atomic mass is 9.69. The predicted molar refractivity (Wildman–Crippen MR) is 75.3 cm³/mol. The first-order chi connectivity index (χ1) is 8.57. The third kappa shape index (κ3) is 2.74. The van der Waals surface area contributed by atoms with Crippen LogP contribution in [0.25, 0.3) is 0 Å². The van der Waals surface area contributed by atoms with Crippen LogP contribution in [0.3, 0.4) is 0 Å². The van der Waals surface area contributed by atoms with Crippen LogP contribution in [0, 0.1) is 0 Å². The van der Waals surface area contributed by atoms with Gasteiger partial charge in [-0.15, -0.1) is 0 Å². The molecule has 0 amide bonds. The van der Waals surface area contributed by atoms with E-state index < -0.39 is 5.97 Å². The molecular formula is C16H24O2. The van der Waals surface area contributed by atoms with Crippen molar-refractivity contribution < 1.29 is 9.90 Å². The number of rotatable bonds is 2. The molecule has 0 aliphatic heterocycles. The summed E-state index contributed by atoms with van der Waals surface area (Å²) in [7, 11) is 0. The molecule has 2 rings (SSSR count). The second-order valence-corrected chi connectivity index (χ2v) is 4.94. The van der Waals surface area contributed by atoms with E-state index >= 15 is 0 Å². The van der Waals surface area contributed by atoms with Gasteiger partial charge in [0.05, 0.1) is 5.56 Å². The number of fused-ring (bicyclic) bond motifs is 1. The summed E-state index contributed by atoms with van der Waals surface area (Å²) in [6.45, 7) is 8.43. The highest BCUT2D eigenvalue weighted by Crippen LogP contribution is 2.39. The normalized spacial score (nSPS) is 21.6. The monoisotopic (exact) mass is 248 g/mol. The Labute approximate surface area is 110 Å². The van der Waals surface area contributed by atoms with E-state index in [1.54, 1.807) is 6.07 Å². The first kappa shape index (κ1) is 14.7. The molecule has 18 heavy (non-hydrogen) atoms. The van der Waals surface area contributed by atoms with Gasteiger partial charge >= 0.3 is 5.97 Å². The quantitative estimate of drug-likeness (QED) is 0.841. The molecule has 100 valence electrons. The second-order valence-electron chi connectivity index (χ2n) is 4.94. The minimum absolute atomic E-state index is 0.166. The van der Waals surface area contributed by atoms with E-state index in [0.29, 0.717) is 5.56 Å². The van der Waals surface area contributed by atoms with Gasteiger partial charge < -0.3 is 5.11 Å². The maximum absolute atomic E-state index is 11.0. The van der Waals surface area contributed by atoms with E-state index in [2.05, 4.69) is 13.8 Å². The van der Waals surface area contributed by atoms with Crippen molar-refractivity contribution in [3.63, 3.8) is 0 Å². The van der Waals surface area contributed by atoms with Gasteiger partial charge in [-0.1, -0.05) is 33.8 Å². The number of hydrogen-bond acceptors (Lipinski definition) is 1. The third-order valence-electron chi connectivity index (χ3n) is 3.96. The van der Waals surface area contributed by atoms with E-state index in [0.717, 1.165) is 12.8 Å². The molecule has 2 heteroatoms. The van der Waals surface area contributed by atoms with Crippen molar-refractivity contribution in [3.8, 4) is 0 Å². The number of carbonyl (C=O) groups is 1. The Morgan fingerprint density at radius 2 is 2.06 bits per heavy atom. The van der Waals surface area contributed by atoms with Crippen molar-refractivity contribution in [2.75, 3.05) is 0 Å². The van der Waals surface area contributed by atoms with Gasteiger partial charge in [-0.2, -0.15) is 0 Å². The molecule has 0 heterocycles. The highest BCUT2D eigenvalue weighted by atomic mass is 16.4. The van der Waals surface area contributed by atoms with E-state index in [1.165, 1.54) is 24.0 Å². The molecule has 1 unspecified atom stereocenters. The molecule has 0 fully saturated rings. The number of aromatic carboxylic acids is 1. The molecule has 1 aliphatic rings. The summed E-state index contributed by atoms with van der Waals surface area (Å²) >= 11 is 0. The van der Waals surface area contributed by atoms with Gasteiger partial charge in [0.25, 0.3) is 0 Å². The van der Waals surface area contributed by atoms with Gasteiger partial charge in [-0.25, -0.2) is 4.79 Å². The molecule has 0 saturated carbocycles. The Balaban J connectivity index is 0.000000771. The minimum atomic E-state index is -0.827. The maximum Gasteiger partial charge on any atom is 0.335 e. The molecule has 1 aromatic rings. The maximum atomic E-state index is 11.0. The molecule has 0 saturated heterocycles. The van der Waals surface area contributed by atoms with Crippen molar-refractivity contribution in [2.45, 2.75) is 58.8 Å². The average Bonchev–Trinajstić information content (AvgIpc) is 2.41. The van der Waals surface area contributed by atoms with Crippen molar-refractivity contribution in [1.82, 2.24) is 0 Å². The Kier molecular flexibility index (Phi) is 4.94. The summed E-state index contributed by atoms with van der Waals surface area (Å²) in [6.07, 6.45) is 4.54. The molecule has 0 aromatic heterocycles. The number of benzene rings is 1. The first-order valence-corrected chi connectivity index (χ1v) is 6.93. The summed E-state index contributed by atoms with van der Waals surface area (Å²) < 4.78 is 0. The van der Waals surface area contributed by atoms with Crippen LogP contribution in [0.4, 0.5) is 0 Å². The van der Waals surface area contributed by atoms with Crippen molar-refractivity contribution >= 4 is 5.97 Å². The zero-order chi connectivity index (χ0) is 13.8. The zero-order valence-electron chi connectivity index (χ0n) is 11.9. The van der Waals surface area contributed by atoms with Crippen molar-refractivity contribution in [2.24, 2.45) is 0 Å². The molecule has 0 radical (unpaired) electrons. The fourth-order valence-corrected chi connectivity index (χ4v) is 2.66. The minimum Gasteiger partial charge on any atom is -0.478 e. The molecule has 0 bridgehead atoms. The van der Waals surface area contributed by atoms with Crippen LogP contribution in [0.15, 0.2) is 18.2 Å². The zero-order valence-corrected chi connectivity index (χ0v) is 11.9. The van der Waals surface area contributed by atoms with Gasteiger partial charge in [0.1, 0.15) is 0 Å². The second kappa shape index (κ2) is 6.03. The van der Waals surface area contributed by atoms with E-state index in [9.17, 15) is 4.79 Å². The van der Waals surface area contributed by atoms with E-state index in [-0.39, 0.29) is 5.41 Å². The highest BCUT2D eigenvalue weighted by Gasteiger charge is 2.30. The van der Waals surface area contributed by atoms with Crippen LogP contribution in [-0.4, -0.2) is 11.1 Å². The van der Waals surface area contributed by atoms with Crippen molar-refractivity contribution in [3.05, 3.63) is 34.9 Å². The SMILES string of the molecule is CC.CCC1(C)CCCc2ccc(C(=O)O)cc21. The highest BCUT2D eigenvalue weighted by molar-refractivity contribution is 5.88. The summed E-state index contributed by atoms with van der Waals surface area (Å²) in [4.78, 5) is 11.0. The lowest BCUT2D eigenvalue weighted by molar-refractivity contribution is 0.0696. The fourth-order valence-electron chi connectivity index (χ4n) is 2.66. The van der Waals surface area contributed by atoms with Crippen LogP contribution in [0.1, 0.15) is 68.4 Å². The Morgan fingerprint density at radius 3 is 2.61 bits per heavy atom. The lowest BCUT2D eigenvalue weighted by Crippen LogP contribution is -2.27. The Morgan fingerprint density at radius 1 is 1.39 bits per heavy atom. The molecular weight excluding hydrogens is 224 g/mol. The number of hydrogen-bond donors (Lipinski definition) is 1. The molecule has 1 N–H and O–H groups in total. The number of carboxylic acids is 1. The first-order valence-electron chi connectivity index (χ1n) is 6.93. The summed E-state index contributed by atoms with van der Waals surface area (Å²) in [6, 6.07) is 5.59. The topological polar surface area (TPSA) is 37.3 Å². The molecule has 2 nitrogen and oxygen atoms in total. The molecule has 1 aromatic carbocycles. The van der Waals surface area contributed by atoms with Gasteiger partial charge in [-0.3, -0.25) is 0 Å². The lowest BCUT2D eigenvalue weighted by Gasteiger charge is -2.35. The van der Waals surface area contributed by atoms with Crippen LogP contribution in [0.5, 0.6) is 0 Å². The van der Waals surface area contributed by atoms with E-state index in [1.807, 2.05) is 26.0 Å². The Hall–Kier alpha value is -1.31. The summed E-state index contributed by atoms with van der Waals surface area (Å²) in [5.74, 6) is -0.827. The van der Waals surface area contributed by atoms with Gasteiger partial charge in [0.15, 0.2) is 0 Å².